The smallest absolute Gasteiger partial charge is 0.135 e. The minimum atomic E-state index is 0.425. The maximum atomic E-state index is 10.0. The summed E-state index contributed by atoms with van der Waals surface area (Å²) < 4.78 is 3.02. The van der Waals surface area contributed by atoms with Crippen LogP contribution >= 0.6 is 15.9 Å². The third kappa shape index (κ3) is 3.61. The van der Waals surface area contributed by atoms with E-state index in [0.717, 1.165) is 79.3 Å². The van der Waals surface area contributed by atoms with Gasteiger partial charge in [0.2, 0.25) is 0 Å². The summed E-state index contributed by atoms with van der Waals surface area (Å²) in [5, 5.41) is 18.3. The lowest BCUT2D eigenvalue weighted by molar-refractivity contribution is 0.313. The van der Waals surface area contributed by atoms with Crippen molar-refractivity contribution in [1.29, 1.82) is 5.26 Å². The van der Waals surface area contributed by atoms with Gasteiger partial charge in [-0.15, -0.1) is 10.2 Å². The summed E-state index contributed by atoms with van der Waals surface area (Å²) in [6, 6.07) is 6.69. The zero-order chi connectivity index (χ0) is 19.7. The van der Waals surface area contributed by atoms with Crippen molar-refractivity contribution in [1.82, 2.24) is 19.7 Å². The summed E-state index contributed by atoms with van der Waals surface area (Å²) in [6.45, 7) is 5.80. The number of benzene rings is 1. The molecule has 148 valence electrons. The van der Waals surface area contributed by atoms with Crippen LogP contribution in [0, 0.1) is 11.3 Å². The quantitative estimate of drug-likeness (QED) is 0.726. The molecule has 2 fully saturated rings. The van der Waals surface area contributed by atoms with Gasteiger partial charge in [-0.3, -0.25) is 0 Å². The summed E-state index contributed by atoms with van der Waals surface area (Å²) in [5.74, 6) is 1.49. The average molecular weight is 444 g/mol. The topological polar surface area (TPSA) is 64.2 Å². The molecular formula is C20H26BrN7. The van der Waals surface area contributed by atoms with Gasteiger partial charge in [0.25, 0.3) is 0 Å². The Hall–Kier alpha value is -2.11. The van der Waals surface area contributed by atoms with Crippen LogP contribution in [0.1, 0.15) is 30.1 Å². The van der Waals surface area contributed by atoms with Crippen LogP contribution in [-0.4, -0.2) is 66.0 Å². The average Bonchev–Trinajstić information content (AvgIpc) is 3.14. The summed E-state index contributed by atoms with van der Waals surface area (Å²) >= 11 is 3.71. The van der Waals surface area contributed by atoms with Crippen molar-refractivity contribution >= 4 is 27.3 Å². The predicted molar refractivity (Wildman–Crippen MR) is 114 cm³/mol. The first-order chi connectivity index (χ1) is 13.6. The van der Waals surface area contributed by atoms with E-state index in [-0.39, 0.29) is 0 Å². The minimum Gasteiger partial charge on any atom is -0.369 e. The van der Waals surface area contributed by atoms with Gasteiger partial charge in [0.15, 0.2) is 0 Å². The Morgan fingerprint density at radius 1 is 1.04 bits per heavy atom. The van der Waals surface area contributed by atoms with Crippen LogP contribution in [0.25, 0.3) is 0 Å². The normalized spacial score (nSPS) is 19.1. The minimum absolute atomic E-state index is 0.425. The molecule has 2 aromatic rings. The van der Waals surface area contributed by atoms with Crippen LogP contribution in [-0.2, 0) is 7.05 Å². The molecule has 1 aromatic heterocycles. The van der Waals surface area contributed by atoms with E-state index in [1.54, 1.807) is 6.33 Å². The van der Waals surface area contributed by atoms with Crippen LogP contribution in [0.2, 0.25) is 0 Å². The van der Waals surface area contributed by atoms with Crippen molar-refractivity contribution in [3.05, 3.63) is 34.3 Å². The monoisotopic (exact) mass is 443 g/mol. The molecule has 0 aliphatic carbocycles. The van der Waals surface area contributed by atoms with Crippen LogP contribution in [0.5, 0.6) is 0 Å². The molecule has 0 unspecified atom stereocenters. The summed E-state index contributed by atoms with van der Waals surface area (Å²) in [7, 11) is 4.16. The van der Waals surface area contributed by atoms with Gasteiger partial charge in [-0.05, 0) is 48.0 Å². The Morgan fingerprint density at radius 2 is 1.75 bits per heavy atom. The van der Waals surface area contributed by atoms with Crippen LogP contribution in [0.15, 0.2) is 22.9 Å². The molecule has 2 saturated heterocycles. The molecule has 4 rings (SSSR count). The molecule has 0 radical (unpaired) electrons. The third-order valence-corrected chi connectivity index (χ3v) is 6.63. The summed E-state index contributed by atoms with van der Waals surface area (Å²) in [4.78, 5) is 7.04. The first-order valence-corrected chi connectivity index (χ1v) is 10.6. The van der Waals surface area contributed by atoms with Crippen molar-refractivity contribution in [3.63, 3.8) is 0 Å². The maximum absolute atomic E-state index is 10.0. The van der Waals surface area contributed by atoms with Crippen molar-refractivity contribution < 1.29 is 0 Å². The molecule has 3 heterocycles. The van der Waals surface area contributed by atoms with E-state index in [1.807, 2.05) is 11.6 Å². The number of piperidine rings is 1. The second-order valence-electron chi connectivity index (χ2n) is 7.75. The van der Waals surface area contributed by atoms with Crippen LogP contribution in [0.4, 0.5) is 11.4 Å². The number of aromatic nitrogens is 3. The molecule has 0 bridgehead atoms. The number of aryl methyl sites for hydroxylation is 1. The van der Waals surface area contributed by atoms with Gasteiger partial charge >= 0.3 is 0 Å². The Kier molecular flexibility index (Phi) is 5.56. The van der Waals surface area contributed by atoms with Gasteiger partial charge in [-0.1, -0.05) is 0 Å². The lowest BCUT2D eigenvalue weighted by Crippen LogP contribution is -2.45. The molecule has 0 spiro atoms. The first-order valence-electron chi connectivity index (χ1n) is 9.83. The Bertz CT molecular complexity index is 871. The molecule has 7 nitrogen and oxygen atoms in total. The number of nitriles is 1. The first kappa shape index (κ1) is 19.2. The molecule has 2 aliphatic rings. The van der Waals surface area contributed by atoms with Gasteiger partial charge in [0.05, 0.1) is 16.9 Å². The van der Waals surface area contributed by atoms with E-state index < -0.39 is 0 Å². The number of likely N-dealkylation sites (N-methyl/N-ethyl adjacent to an activating group) is 1. The van der Waals surface area contributed by atoms with E-state index >= 15 is 0 Å². The third-order valence-electron chi connectivity index (χ3n) is 5.99. The number of rotatable bonds is 3. The fourth-order valence-electron chi connectivity index (χ4n) is 4.31. The zero-order valence-electron chi connectivity index (χ0n) is 16.5. The Balaban J connectivity index is 1.57. The van der Waals surface area contributed by atoms with E-state index in [9.17, 15) is 5.26 Å². The second-order valence-corrected chi connectivity index (χ2v) is 8.61. The number of hydrogen-bond acceptors (Lipinski definition) is 6. The SMILES string of the molecule is CN1CCN(c2ccc(Br)c(N3CCC(c4nncn4C)CC3)c2C#N)CC1. The maximum Gasteiger partial charge on any atom is 0.135 e. The second kappa shape index (κ2) is 8.10. The van der Waals surface area contributed by atoms with Crippen LogP contribution < -0.4 is 9.80 Å². The van der Waals surface area contributed by atoms with Gasteiger partial charge in [0.1, 0.15) is 18.2 Å². The van der Waals surface area contributed by atoms with Gasteiger partial charge < -0.3 is 19.3 Å². The molecule has 8 heteroatoms. The standard InChI is InChI=1S/C20H26BrN7/c1-25-9-11-27(12-10-25)18-4-3-17(21)19(16(18)13-22)28-7-5-15(6-8-28)20-24-23-14-26(20)2/h3-4,14-15H,5-12H2,1-2H3. The highest BCUT2D eigenvalue weighted by Crippen LogP contribution is 2.39. The van der Waals surface area contributed by atoms with E-state index in [2.05, 4.69) is 66.1 Å². The molecule has 0 atom stereocenters. The lowest BCUT2D eigenvalue weighted by Gasteiger charge is -2.37. The number of nitrogens with zero attached hydrogens (tertiary/aromatic N) is 7. The van der Waals surface area contributed by atoms with E-state index in [0.29, 0.717) is 5.92 Å². The molecular weight excluding hydrogens is 418 g/mol. The zero-order valence-corrected chi connectivity index (χ0v) is 18.1. The molecule has 2 aliphatic heterocycles. The highest BCUT2D eigenvalue weighted by molar-refractivity contribution is 9.10. The van der Waals surface area contributed by atoms with Gasteiger partial charge in [-0.2, -0.15) is 5.26 Å². The summed E-state index contributed by atoms with van der Waals surface area (Å²) in [6.07, 6.45) is 3.80. The Morgan fingerprint density at radius 3 is 2.36 bits per heavy atom. The number of halogens is 1. The Labute approximate surface area is 174 Å². The largest absolute Gasteiger partial charge is 0.369 e. The van der Waals surface area contributed by atoms with Crippen molar-refractivity contribution in [2.75, 3.05) is 56.1 Å². The number of anilines is 2. The fourth-order valence-corrected chi connectivity index (χ4v) is 4.89. The molecule has 0 saturated carbocycles. The number of hydrogen-bond donors (Lipinski definition) is 0. The van der Waals surface area contributed by atoms with Crippen molar-refractivity contribution in [2.24, 2.45) is 7.05 Å². The van der Waals surface area contributed by atoms with E-state index in [4.69, 9.17) is 0 Å². The highest BCUT2D eigenvalue weighted by Gasteiger charge is 2.28. The van der Waals surface area contributed by atoms with Crippen molar-refractivity contribution in [3.8, 4) is 6.07 Å². The molecule has 0 amide bonds. The van der Waals surface area contributed by atoms with Gasteiger partial charge in [-0.25, -0.2) is 0 Å². The predicted octanol–water partition coefficient (Wildman–Crippen LogP) is 2.59. The molecule has 1 aromatic carbocycles. The molecule has 28 heavy (non-hydrogen) atoms. The van der Waals surface area contributed by atoms with Crippen LogP contribution in [0.3, 0.4) is 0 Å². The van der Waals surface area contributed by atoms with Gasteiger partial charge in [0, 0.05) is 56.7 Å². The van der Waals surface area contributed by atoms with Crippen molar-refractivity contribution in [2.45, 2.75) is 18.8 Å². The lowest BCUT2D eigenvalue weighted by atomic mass is 9.95. The molecule has 0 N–H and O–H groups in total. The fraction of sp³-hybridized carbons (Fsp3) is 0.550. The summed E-state index contributed by atoms with van der Waals surface area (Å²) in [5.41, 5.74) is 2.88. The highest BCUT2D eigenvalue weighted by atomic mass is 79.9. The van der Waals surface area contributed by atoms with E-state index in [1.165, 1.54) is 0 Å². The number of piperazine rings is 1.